The standard InChI is InChI=1S/C14H17ClN2/c1-4-14-10(2)16-17(11(14)3)9-12-5-7-13(15)8-6-12/h5-8H,4,9H2,1-3H3. The Balaban J connectivity index is 2.27. The number of hydrogen-bond donors (Lipinski definition) is 0. The number of aromatic nitrogens is 2. The first-order chi connectivity index (χ1) is 8.11. The normalized spacial score (nSPS) is 10.8. The molecule has 0 radical (unpaired) electrons. The minimum atomic E-state index is 0.774. The van der Waals surface area contributed by atoms with Gasteiger partial charge < -0.3 is 0 Å². The van der Waals surface area contributed by atoms with Crippen molar-refractivity contribution in [2.45, 2.75) is 33.7 Å². The van der Waals surface area contributed by atoms with E-state index in [1.165, 1.54) is 16.8 Å². The number of benzene rings is 1. The van der Waals surface area contributed by atoms with Crippen molar-refractivity contribution >= 4 is 11.6 Å². The summed E-state index contributed by atoms with van der Waals surface area (Å²) < 4.78 is 2.07. The number of rotatable bonds is 3. The van der Waals surface area contributed by atoms with Crippen LogP contribution in [0.5, 0.6) is 0 Å². The van der Waals surface area contributed by atoms with Crippen LogP contribution in [0.15, 0.2) is 24.3 Å². The Kier molecular flexibility index (Phi) is 3.53. The molecule has 90 valence electrons. The van der Waals surface area contributed by atoms with Gasteiger partial charge in [-0.05, 0) is 43.5 Å². The Labute approximate surface area is 107 Å². The molecule has 2 rings (SSSR count). The number of halogens is 1. The predicted octanol–water partition coefficient (Wildman–Crippen LogP) is 3.76. The van der Waals surface area contributed by atoms with Crippen molar-refractivity contribution in [1.82, 2.24) is 9.78 Å². The highest BCUT2D eigenvalue weighted by molar-refractivity contribution is 6.30. The van der Waals surface area contributed by atoms with Crippen LogP contribution in [0.4, 0.5) is 0 Å². The van der Waals surface area contributed by atoms with Crippen LogP contribution in [0.2, 0.25) is 5.02 Å². The van der Waals surface area contributed by atoms with Crippen LogP contribution in [-0.4, -0.2) is 9.78 Å². The van der Waals surface area contributed by atoms with E-state index in [1.54, 1.807) is 0 Å². The Morgan fingerprint density at radius 2 is 1.82 bits per heavy atom. The number of hydrogen-bond acceptors (Lipinski definition) is 1. The van der Waals surface area contributed by atoms with Crippen molar-refractivity contribution in [3.63, 3.8) is 0 Å². The third-order valence-electron chi connectivity index (χ3n) is 3.13. The maximum absolute atomic E-state index is 5.88. The maximum atomic E-state index is 5.88. The lowest BCUT2D eigenvalue weighted by atomic mass is 10.1. The lowest BCUT2D eigenvalue weighted by Crippen LogP contribution is -2.04. The second kappa shape index (κ2) is 4.92. The molecule has 0 aliphatic rings. The molecule has 0 fully saturated rings. The van der Waals surface area contributed by atoms with Crippen molar-refractivity contribution in [1.29, 1.82) is 0 Å². The van der Waals surface area contributed by atoms with Crippen LogP contribution in [0.1, 0.15) is 29.4 Å². The summed E-state index contributed by atoms with van der Waals surface area (Å²) in [6, 6.07) is 7.93. The highest BCUT2D eigenvalue weighted by Gasteiger charge is 2.09. The van der Waals surface area contributed by atoms with Gasteiger partial charge in [-0.2, -0.15) is 5.10 Å². The molecule has 1 aromatic heterocycles. The Hall–Kier alpha value is -1.28. The lowest BCUT2D eigenvalue weighted by Gasteiger charge is -2.05. The summed E-state index contributed by atoms with van der Waals surface area (Å²) in [4.78, 5) is 0. The summed E-state index contributed by atoms with van der Waals surface area (Å²) in [5.41, 5.74) is 4.99. The van der Waals surface area contributed by atoms with Gasteiger partial charge in [0, 0.05) is 10.7 Å². The van der Waals surface area contributed by atoms with Crippen molar-refractivity contribution in [3.05, 3.63) is 51.8 Å². The SMILES string of the molecule is CCc1c(C)nn(Cc2ccc(Cl)cc2)c1C. The molecular weight excluding hydrogens is 232 g/mol. The minimum absolute atomic E-state index is 0.774. The zero-order valence-electron chi connectivity index (χ0n) is 10.5. The van der Waals surface area contributed by atoms with Gasteiger partial charge in [-0.15, -0.1) is 0 Å². The minimum Gasteiger partial charge on any atom is -0.265 e. The maximum Gasteiger partial charge on any atom is 0.0662 e. The van der Waals surface area contributed by atoms with Crippen molar-refractivity contribution in [3.8, 4) is 0 Å². The van der Waals surface area contributed by atoms with Gasteiger partial charge in [-0.1, -0.05) is 30.7 Å². The molecule has 0 spiro atoms. The fourth-order valence-electron chi connectivity index (χ4n) is 2.16. The van der Waals surface area contributed by atoms with E-state index in [1.807, 2.05) is 24.3 Å². The van der Waals surface area contributed by atoms with Crippen LogP contribution in [-0.2, 0) is 13.0 Å². The summed E-state index contributed by atoms with van der Waals surface area (Å²) in [6.45, 7) is 7.19. The summed E-state index contributed by atoms with van der Waals surface area (Å²) in [5.74, 6) is 0. The smallest absolute Gasteiger partial charge is 0.0662 e. The van der Waals surface area contributed by atoms with Gasteiger partial charge in [-0.3, -0.25) is 4.68 Å². The Bertz CT molecular complexity index is 512. The fourth-order valence-corrected chi connectivity index (χ4v) is 2.29. The third kappa shape index (κ3) is 2.52. The van der Waals surface area contributed by atoms with Crippen molar-refractivity contribution in [2.24, 2.45) is 0 Å². The largest absolute Gasteiger partial charge is 0.265 e. The van der Waals surface area contributed by atoms with Gasteiger partial charge >= 0.3 is 0 Å². The third-order valence-corrected chi connectivity index (χ3v) is 3.38. The topological polar surface area (TPSA) is 17.8 Å². The zero-order valence-corrected chi connectivity index (χ0v) is 11.3. The summed E-state index contributed by atoms with van der Waals surface area (Å²) in [6.07, 6.45) is 1.04. The van der Waals surface area contributed by atoms with E-state index < -0.39 is 0 Å². The Morgan fingerprint density at radius 3 is 2.35 bits per heavy atom. The number of nitrogens with zero attached hydrogens (tertiary/aromatic N) is 2. The molecule has 0 N–H and O–H groups in total. The first-order valence-corrected chi connectivity index (χ1v) is 6.27. The highest BCUT2D eigenvalue weighted by atomic mass is 35.5. The van der Waals surface area contributed by atoms with Gasteiger partial charge in [0.15, 0.2) is 0 Å². The average Bonchev–Trinajstić information content (AvgIpc) is 2.57. The first kappa shape index (κ1) is 12.2. The molecule has 17 heavy (non-hydrogen) atoms. The summed E-state index contributed by atoms with van der Waals surface area (Å²) in [5, 5.41) is 5.36. The van der Waals surface area contributed by atoms with Crippen LogP contribution in [0, 0.1) is 13.8 Å². The van der Waals surface area contributed by atoms with Crippen LogP contribution >= 0.6 is 11.6 Å². The van der Waals surface area contributed by atoms with E-state index in [0.717, 1.165) is 23.7 Å². The molecule has 1 heterocycles. The molecule has 3 heteroatoms. The van der Waals surface area contributed by atoms with E-state index in [0.29, 0.717) is 0 Å². The Morgan fingerprint density at radius 1 is 1.18 bits per heavy atom. The second-order valence-corrected chi connectivity index (χ2v) is 4.72. The van der Waals surface area contributed by atoms with Crippen LogP contribution < -0.4 is 0 Å². The molecule has 0 saturated heterocycles. The molecule has 0 atom stereocenters. The molecule has 0 amide bonds. The van der Waals surface area contributed by atoms with Gasteiger partial charge in [0.25, 0.3) is 0 Å². The van der Waals surface area contributed by atoms with E-state index in [9.17, 15) is 0 Å². The molecule has 2 nitrogen and oxygen atoms in total. The molecular formula is C14H17ClN2. The molecule has 0 aliphatic carbocycles. The molecule has 0 bridgehead atoms. The molecule has 2 aromatic rings. The van der Waals surface area contributed by atoms with E-state index in [4.69, 9.17) is 11.6 Å². The first-order valence-electron chi connectivity index (χ1n) is 5.89. The van der Waals surface area contributed by atoms with Crippen LogP contribution in [0.25, 0.3) is 0 Å². The lowest BCUT2D eigenvalue weighted by molar-refractivity contribution is 0.658. The van der Waals surface area contributed by atoms with Gasteiger partial charge in [0.2, 0.25) is 0 Å². The van der Waals surface area contributed by atoms with E-state index in [-0.39, 0.29) is 0 Å². The monoisotopic (exact) mass is 248 g/mol. The number of aryl methyl sites for hydroxylation is 1. The van der Waals surface area contributed by atoms with Gasteiger partial charge in [0.1, 0.15) is 0 Å². The summed E-state index contributed by atoms with van der Waals surface area (Å²) >= 11 is 5.88. The summed E-state index contributed by atoms with van der Waals surface area (Å²) in [7, 11) is 0. The molecule has 1 aromatic carbocycles. The highest BCUT2D eigenvalue weighted by Crippen LogP contribution is 2.16. The van der Waals surface area contributed by atoms with Gasteiger partial charge in [0.05, 0.1) is 12.2 Å². The van der Waals surface area contributed by atoms with Crippen LogP contribution in [0.3, 0.4) is 0 Å². The van der Waals surface area contributed by atoms with E-state index in [2.05, 4.69) is 30.6 Å². The molecule has 0 unspecified atom stereocenters. The molecule has 0 saturated carbocycles. The van der Waals surface area contributed by atoms with Crippen molar-refractivity contribution in [2.75, 3.05) is 0 Å². The predicted molar refractivity (Wildman–Crippen MR) is 71.6 cm³/mol. The average molecular weight is 249 g/mol. The second-order valence-electron chi connectivity index (χ2n) is 4.29. The fraction of sp³-hybridized carbons (Fsp3) is 0.357. The zero-order chi connectivity index (χ0) is 12.4. The van der Waals surface area contributed by atoms with Gasteiger partial charge in [-0.25, -0.2) is 0 Å². The molecule has 0 aliphatic heterocycles. The quantitative estimate of drug-likeness (QED) is 0.809. The van der Waals surface area contributed by atoms with E-state index >= 15 is 0 Å². The van der Waals surface area contributed by atoms with Crippen molar-refractivity contribution < 1.29 is 0 Å².